The number of H-pyrrole nitrogens is 1. The van der Waals surface area contributed by atoms with Crippen LogP contribution in [0.2, 0.25) is 0 Å². The third kappa shape index (κ3) is 3.13. The molecule has 1 aromatic carbocycles. The Hall–Kier alpha value is -2.54. The van der Waals surface area contributed by atoms with Gasteiger partial charge >= 0.3 is 0 Å². The Kier molecular flexibility index (Phi) is 4.79. The summed E-state index contributed by atoms with van der Waals surface area (Å²) in [5, 5.41) is 13.7. The first kappa shape index (κ1) is 18.8. The quantitative estimate of drug-likeness (QED) is 0.735. The van der Waals surface area contributed by atoms with Crippen LogP contribution in [-0.4, -0.2) is 43.2 Å². The molecule has 0 bridgehead atoms. The summed E-state index contributed by atoms with van der Waals surface area (Å²) in [5.74, 6) is 0.742. The molecule has 7 heteroatoms. The second-order valence-corrected chi connectivity index (χ2v) is 8.35. The fourth-order valence-corrected chi connectivity index (χ4v) is 4.05. The molecule has 1 N–H and O–H groups in total. The third-order valence-electron chi connectivity index (χ3n) is 6.09. The Labute approximate surface area is 164 Å². The second-order valence-electron chi connectivity index (χ2n) is 8.35. The molecule has 3 aromatic rings. The minimum atomic E-state index is -0.253. The lowest BCUT2D eigenvalue weighted by Crippen LogP contribution is -2.37. The number of nitrogens with zero attached hydrogens (tertiary/aromatic N) is 5. The maximum absolute atomic E-state index is 13.1. The molecule has 28 heavy (non-hydrogen) atoms. The normalized spacial score (nSPS) is 16.7. The Bertz CT molecular complexity index is 1040. The number of nitrogens with one attached hydrogen (secondary N) is 1. The first-order valence-corrected chi connectivity index (χ1v) is 10.1. The van der Waals surface area contributed by atoms with Crippen LogP contribution in [0.5, 0.6) is 0 Å². The van der Waals surface area contributed by atoms with E-state index in [9.17, 15) is 4.79 Å². The predicted octanol–water partition coefficient (Wildman–Crippen LogP) is 3.15. The van der Waals surface area contributed by atoms with Gasteiger partial charge in [0.05, 0.1) is 11.1 Å². The van der Waals surface area contributed by atoms with Crippen molar-refractivity contribution in [1.82, 2.24) is 30.1 Å². The van der Waals surface area contributed by atoms with E-state index in [2.05, 4.69) is 46.2 Å². The molecule has 1 atom stereocenters. The average Bonchev–Trinajstić information content (AvgIpc) is 3.36. The largest absolute Gasteiger partial charge is 0.321 e. The monoisotopic (exact) mass is 380 g/mol. The predicted molar refractivity (Wildman–Crippen MR) is 109 cm³/mol. The highest BCUT2D eigenvalue weighted by molar-refractivity contribution is 5.82. The molecule has 7 nitrogen and oxygen atoms in total. The highest BCUT2D eigenvalue weighted by atomic mass is 16.1. The van der Waals surface area contributed by atoms with Crippen LogP contribution in [0.1, 0.15) is 63.0 Å². The van der Waals surface area contributed by atoms with Crippen molar-refractivity contribution in [3.05, 3.63) is 51.6 Å². The summed E-state index contributed by atoms with van der Waals surface area (Å²) in [6.07, 6.45) is 3.14. The van der Waals surface area contributed by atoms with Crippen molar-refractivity contribution in [2.75, 3.05) is 13.1 Å². The zero-order valence-corrected chi connectivity index (χ0v) is 17.1. The van der Waals surface area contributed by atoms with Crippen LogP contribution in [0.3, 0.4) is 0 Å². The summed E-state index contributed by atoms with van der Waals surface area (Å²) < 4.78 is 1.90. The third-order valence-corrected chi connectivity index (χ3v) is 6.09. The number of para-hydroxylation sites is 1. The lowest BCUT2D eigenvalue weighted by atomic mass is 9.99. The molecular formula is C21H28N6O. The molecule has 0 amide bonds. The Morgan fingerprint density at radius 2 is 2.00 bits per heavy atom. The number of aromatic amines is 1. The van der Waals surface area contributed by atoms with E-state index in [0.29, 0.717) is 5.56 Å². The fourth-order valence-electron chi connectivity index (χ4n) is 4.05. The van der Waals surface area contributed by atoms with Crippen LogP contribution in [0.4, 0.5) is 0 Å². The van der Waals surface area contributed by atoms with E-state index in [1.165, 1.54) is 0 Å². The van der Waals surface area contributed by atoms with Gasteiger partial charge in [0, 0.05) is 5.56 Å². The first-order valence-electron chi connectivity index (χ1n) is 10.1. The Morgan fingerprint density at radius 3 is 2.71 bits per heavy atom. The number of hydrogen-bond donors (Lipinski definition) is 1. The average molecular weight is 380 g/mol. The first-order chi connectivity index (χ1) is 13.4. The van der Waals surface area contributed by atoms with E-state index < -0.39 is 0 Å². The van der Waals surface area contributed by atoms with E-state index in [0.717, 1.165) is 54.6 Å². The van der Waals surface area contributed by atoms with Gasteiger partial charge < -0.3 is 4.98 Å². The molecule has 1 saturated heterocycles. The number of tetrazole rings is 1. The highest BCUT2D eigenvalue weighted by Crippen LogP contribution is 2.32. The maximum Gasteiger partial charge on any atom is 0.253 e. The number of pyridine rings is 1. The summed E-state index contributed by atoms with van der Waals surface area (Å²) in [7, 11) is 0. The lowest BCUT2D eigenvalue weighted by molar-refractivity contribution is 0.230. The van der Waals surface area contributed by atoms with E-state index in [1.807, 2.05) is 35.9 Å². The molecule has 1 aliphatic heterocycles. The highest BCUT2D eigenvalue weighted by Gasteiger charge is 2.35. The van der Waals surface area contributed by atoms with Gasteiger partial charge in [-0.1, -0.05) is 25.1 Å². The van der Waals surface area contributed by atoms with Gasteiger partial charge in [0.25, 0.3) is 5.56 Å². The zero-order valence-electron chi connectivity index (χ0n) is 17.1. The molecule has 1 aliphatic rings. The molecule has 0 saturated carbocycles. The SMILES string of the molecule is CCC(C)(C)n1nnnc1[C@@H](c1cc2cccc(C)c2[nH]c1=O)N1CCCC1. The molecule has 0 unspecified atom stereocenters. The van der Waals surface area contributed by atoms with Crippen molar-refractivity contribution < 1.29 is 0 Å². The van der Waals surface area contributed by atoms with Crippen molar-refractivity contribution in [2.45, 2.75) is 58.5 Å². The Balaban J connectivity index is 1.92. The van der Waals surface area contributed by atoms with Gasteiger partial charge in [0.2, 0.25) is 0 Å². The van der Waals surface area contributed by atoms with Crippen LogP contribution >= 0.6 is 0 Å². The number of aromatic nitrogens is 5. The fraction of sp³-hybridized carbons (Fsp3) is 0.524. The molecule has 0 radical (unpaired) electrons. The van der Waals surface area contributed by atoms with Gasteiger partial charge in [-0.05, 0) is 80.6 Å². The van der Waals surface area contributed by atoms with Gasteiger partial charge in [-0.25, -0.2) is 4.68 Å². The van der Waals surface area contributed by atoms with Crippen molar-refractivity contribution >= 4 is 10.9 Å². The minimum Gasteiger partial charge on any atom is -0.321 e. The van der Waals surface area contributed by atoms with Crippen LogP contribution in [0, 0.1) is 6.92 Å². The molecule has 0 aliphatic carbocycles. The van der Waals surface area contributed by atoms with E-state index in [1.54, 1.807) is 0 Å². The van der Waals surface area contributed by atoms with Gasteiger partial charge in [0.1, 0.15) is 6.04 Å². The van der Waals surface area contributed by atoms with Crippen molar-refractivity contribution in [2.24, 2.45) is 0 Å². The lowest BCUT2D eigenvalue weighted by Gasteiger charge is -2.31. The van der Waals surface area contributed by atoms with Crippen LogP contribution in [0.15, 0.2) is 29.1 Å². The Morgan fingerprint density at radius 1 is 1.25 bits per heavy atom. The van der Waals surface area contributed by atoms with E-state index >= 15 is 0 Å². The van der Waals surface area contributed by atoms with E-state index in [-0.39, 0.29) is 17.1 Å². The number of aryl methyl sites for hydroxylation is 1. The summed E-state index contributed by atoms with van der Waals surface area (Å²) in [5.41, 5.74) is 2.38. The number of likely N-dealkylation sites (tertiary alicyclic amines) is 1. The smallest absolute Gasteiger partial charge is 0.253 e. The molecule has 0 spiro atoms. The number of hydrogen-bond acceptors (Lipinski definition) is 5. The van der Waals surface area contributed by atoms with Gasteiger partial charge in [-0.3, -0.25) is 9.69 Å². The number of benzene rings is 1. The summed E-state index contributed by atoms with van der Waals surface area (Å²) in [4.78, 5) is 18.6. The van der Waals surface area contributed by atoms with Crippen molar-refractivity contribution in [1.29, 1.82) is 0 Å². The number of fused-ring (bicyclic) bond motifs is 1. The van der Waals surface area contributed by atoms with E-state index in [4.69, 9.17) is 0 Å². The number of rotatable bonds is 5. The van der Waals surface area contributed by atoms with Gasteiger partial charge in [0.15, 0.2) is 5.82 Å². The molecule has 2 aromatic heterocycles. The van der Waals surface area contributed by atoms with Crippen molar-refractivity contribution in [3.8, 4) is 0 Å². The molecule has 148 valence electrons. The molecule has 3 heterocycles. The maximum atomic E-state index is 13.1. The molecular weight excluding hydrogens is 352 g/mol. The molecule has 1 fully saturated rings. The summed E-state index contributed by atoms with van der Waals surface area (Å²) in [6.45, 7) is 10.3. The van der Waals surface area contributed by atoms with Gasteiger partial charge in [-0.15, -0.1) is 5.10 Å². The van der Waals surface area contributed by atoms with Crippen molar-refractivity contribution in [3.63, 3.8) is 0 Å². The van der Waals surface area contributed by atoms with Gasteiger partial charge in [-0.2, -0.15) is 0 Å². The molecule has 4 rings (SSSR count). The second kappa shape index (κ2) is 7.13. The van der Waals surface area contributed by atoms with Crippen LogP contribution in [0.25, 0.3) is 10.9 Å². The van der Waals surface area contributed by atoms with Crippen LogP contribution in [-0.2, 0) is 5.54 Å². The minimum absolute atomic E-state index is 0.0671. The summed E-state index contributed by atoms with van der Waals surface area (Å²) in [6, 6.07) is 7.84. The summed E-state index contributed by atoms with van der Waals surface area (Å²) >= 11 is 0. The topological polar surface area (TPSA) is 79.7 Å². The zero-order chi connectivity index (χ0) is 19.9. The standard InChI is InChI=1S/C21H28N6O/c1-5-21(3,4)27-19(23-24-25-27)18(26-11-6-7-12-26)16-13-15-10-8-9-14(2)17(15)22-20(16)28/h8-10,13,18H,5-7,11-12H2,1-4H3,(H,22,28)/t18-/m1/s1. The van der Waals surface area contributed by atoms with Crippen LogP contribution < -0.4 is 5.56 Å².